The molecule has 0 aliphatic carbocycles. The molecule has 0 saturated carbocycles. The number of hydrogen-bond donors (Lipinski definition) is 1. The van der Waals surface area contributed by atoms with Crippen LogP contribution in [0.25, 0.3) is 0 Å². The minimum absolute atomic E-state index is 0. The van der Waals surface area contributed by atoms with Crippen LogP contribution in [0.1, 0.15) is 12.8 Å². The van der Waals surface area contributed by atoms with Gasteiger partial charge in [-0.2, -0.15) is 5.06 Å². The first kappa shape index (κ1) is 11.7. The summed E-state index contributed by atoms with van der Waals surface area (Å²) in [4.78, 5) is 15.4. The van der Waals surface area contributed by atoms with Gasteiger partial charge in [-0.3, -0.25) is 4.79 Å². The summed E-state index contributed by atoms with van der Waals surface area (Å²) >= 11 is 0. The molecule has 0 atom stereocenters. The smallest absolute Gasteiger partial charge is 0.306 e. The van der Waals surface area contributed by atoms with Crippen LogP contribution < -0.4 is 0 Å². The number of aliphatic carboxylic acids is 1. The van der Waals surface area contributed by atoms with E-state index in [1.807, 2.05) is 0 Å². The molecular formula is C7H14ClNO3. The van der Waals surface area contributed by atoms with Crippen molar-refractivity contribution in [3.8, 4) is 0 Å². The highest BCUT2D eigenvalue weighted by Gasteiger charge is 2.23. The van der Waals surface area contributed by atoms with Gasteiger partial charge < -0.3 is 9.94 Å². The van der Waals surface area contributed by atoms with Gasteiger partial charge in [-0.1, -0.05) is 0 Å². The van der Waals surface area contributed by atoms with Gasteiger partial charge in [0, 0.05) is 13.1 Å². The van der Waals surface area contributed by atoms with E-state index < -0.39 is 5.97 Å². The SMILES string of the molecule is CON1CCC(C(=O)O)CC1.Cl. The summed E-state index contributed by atoms with van der Waals surface area (Å²) < 4.78 is 0. The Morgan fingerprint density at radius 1 is 1.50 bits per heavy atom. The Morgan fingerprint density at radius 3 is 2.33 bits per heavy atom. The van der Waals surface area contributed by atoms with Crippen LogP contribution in [0.15, 0.2) is 0 Å². The van der Waals surface area contributed by atoms with E-state index in [-0.39, 0.29) is 18.3 Å². The summed E-state index contributed by atoms with van der Waals surface area (Å²) in [5.41, 5.74) is 0. The first-order chi connectivity index (χ1) is 5.24. The number of carbonyl (C=O) groups is 1. The summed E-state index contributed by atoms with van der Waals surface area (Å²) in [6.07, 6.45) is 1.40. The molecule has 0 aromatic heterocycles. The molecule has 1 aliphatic heterocycles. The second kappa shape index (κ2) is 5.35. The zero-order valence-corrected chi connectivity index (χ0v) is 7.84. The quantitative estimate of drug-likeness (QED) is 0.707. The van der Waals surface area contributed by atoms with Crippen LogP contribution in [0.3, 0.4) is 0 Å². The van der Waals surface area contributed by atoms with E-state index >= 15 is 0 Å². The van der Waals surface area contributed by atoms with Crippen molar-refractivity contribution in [1.29, 1.82) is 0 Å². The van der Waals surface area contributed by atoms with Gasteiger partial charge in [-0.25, -0.2) is 0 Å². The fraction of sp³-hybridized carbons (Fsp3) is 0.857. The van der Waals surface area contributed by atoms with Gasteiger partial charge in [-0.05, 0) is 12.8 Å². The second-order valence-electron chi connectivity index (χ2n) is 2.72. The summed E-state index contributed by atoms with van der Waals surface area (Å²) in [6.45, 7) is 1.46. The molecule has 1 heterocycles. The molecule has 1 aliphatic rings. The van der Waals surface area contributed by atoms with Crippen LogP contribution >= 0.6 is 12.4 Å². The van der Waals surface area contributed by atoms with Gasteiger partial charge in [0.25, 0.3) is 0 Å². The third-order valence-corrected chi connectivity index (χ3v) is 2.06. The Hall–Kier alpha value is -0.320. The van der Waals surface area contributed by atoms with Gasteiger partial charge in [0.05, 0.1) is 13.0 Å². The third kappa shape index (κ3) is 2.97. The van der Waals surface area contributed by atoms with Crippen LogP contribution in [-0.2, 0) is 9.63 Å². The Bertz CT molecular complexity index is 146. The number of carboxylic acid groups (broad SMARTS) is 1. The summed E-state index contributed by atoms with van der Waals surface area (Å²) in [5, 5.41) is 10.4. The molecule has 0 bridgehead atoms. The van der Waals surface area contributed by atoms with Crippen molar-refractivity contribution in [2.45, 2.75) is 12.8 Å². The number of halogens is 1. The number of nitrogens with zero attached hydrogens (tertiary/aromatic N) is 1. The highest BCUT2D eigenvalue weighted by molar-refractivity contribution is 5.85. The van der Waals surface area contributed by atoms with E-state index in [2.05, 4.69) is 0 Å². The van der Waals surface area contributed by atoms with Crippen molar-refractivity contribution in [1.82, 2.24) is 5.06 Å². The highest BCUT2D eigenvalue weighted by Crippen LogP contribution is 2.16. The summed E-state index contributed by atoms with van der Waals surface area (Å²) in [6, 6.07) is 0. The Balaban J connectivity index is 0.00000121. The molecule has 0 radical (unpaired) electrons. The number of carboxylic acids is 1. The lowest BCUT2D eigenvalue weighted by Crippen LogP contribution is -2.35. The zero-order chi connectivity index (χ0) is 8.27. The molecule has 1 saturated heterocycles. The van der Waals surface area contributed by atoms with Crippen LogP contribution in [0.2, 0.25) is 0 Å². The maximum absolute atomic E-state index is 10.5. The lowest BCUT2D eigenvalue weighted by molar-refractivity contribution is -0.161. The van der Waals surface area contributed by atoms with E-state index in [1.54, 1.807) is 12.2 Å². The predicted octanol–water partition coefficient (Wildman–Crippen LogP) is 0.766. The molecule has 4 nitrogen and oxygen atoms in total. The molecule has 0 aromatic rings. The molecule has 12 heavy (non-hydrogen) atoms. The predicted molar refractivity (Wildman–Crippen MR) is 46.2 cm³/mol. The van der Waals surface area contributed by atoms with Gasteiger partial charge >= 0.3 is 5.97 Å². The van der Waals surface area contributed by atoms with Crippen LogP contribution in [0, 0.1) is 5.92 Å². The maximum Gasteiger partial charge on any atom is 0.306 e. The Labute approximate surface area is 77.9 Å². The van der Waals surface area contributed by atoms with Gasteiger partial charge in [-0.15, -0.1) is 12.4 Å². The topological polar surface area (TPSA) is 49.8 Å². The monoisotopic (exact) mass is 195 g/mol. The Kier molecular flexibility index (Phi) is 5.20. The fourth-order valence-corrected chi connectivity index (χ4v) is 1.29. The van der Waals surface area contributed by atoms with Crippen LogP contribution in [0.4, 0.5) is 0 Å². The number of rotatable bonds is 2. The van der Waals surface area contributed by atoms with Crippen LogP contribution in [0.5, 0.6) is 0 Å². The van der Waals surface area contributed by atoms with Crippen LogP contribution in [-0.4, -0.2) is 36.3 Å². The van der Waals surface area contributed by atoms with Crippen molar-refractivity contribution in [3.63, 3.8) is 0 Å². The largest absolute Gasteiger partial charge is 0.481 e. The number of piperidine rings is 1. The summed E-state index contributed by atoms with van der Waals surface area (Å²) in [5.74, 6) is -0.845. The molecular weight excluding hydrogens is 182 g/mol. The highest BCUT2D eigenvalue weighted by atomic mass is 35.5. The lowest BCUT2D eigenvalue weighted by Gasteiger charge is -2.27. The van der Waals surface area contributed by atoms with E-state index in [0.29, 0.717) is 12.8 Å². The van der Waals surface area contributed by atoms with E-state index in [1.165, 1.54) is 0 Å². The first-order valence-electron chi connectivity index (χ1n) is 3.76. The molecule has 0 spiro atoms. The molecule has 1 N–H and O–H groups in total. The molecule has 0 amide bonds. The molecule has 1 fully saturated rings. The number of hydrogen-bond acceptors (Lipinski definition) is 3. The average molecular weight is 196 g/mol. The fourth-order valence-electron chi connectivity index (χ4n) is 1.29. The van der Waals surface area contributed by atoms with Crippen molar-refractivity contribution < 1.29 is 14.7 Å². The minimum atomic E-state index is -0.680. The first-order valence-corrected chi connectivity index (χ1v) is 3.76. The van der Waals surface area contributed by atoms with Crippen molar-refractivity contribution in [2.24, 2.45) is 5.92 Å². The summed E-state index contributed by atoms with van der Waals surface area (Å²) in [7, 11) is 1.61. The van der Waals surface area contributed by atoms with Gasteiger partial charge in [0.2, 0.25) is 0 Å². The van der Waals surface area contributed by atoms with E-state index in [0.717, 1.165) is 13.1 Å². The second-order valence-corrected chi connectivity index (χ2v) is 2.72. The Morgan fingerprint density at radius 2 is 2.00 bits per heavy atom. The average Bonchev–Trinajstić information content (AvgIpc) is 2.05. The zero-order valence-electron chi connectivity index (χ0n) is 7.02. The third-order valence-electron chi connectivity index (χ3n) is 2.06. The molecule has 0 unspecified atom stereocenters. The van der Waals surface area contributed by atoms with Crippen molar-refractivity contribution in [3.05, 3.63) is 0 Å². The van der Waals surface area contributed by atoms with E-state index in [4.69, 9.17) is 9.94 Å². The van der Waals surface area contributed by atoms with E-state index in [9.17, 15) is 4.79 Å². The van der Waals surface area contributed by atoms with Gasteiger partial charge in [0.1, 0.15) is 0 Å². The normalized spacial score (nSPS) is 20.1. The molecule has 0 aromatic carbocycles. The molecule has 72 valence electrons. The standard InChI is InChI=1S/C7H13NO3.ClH/c1-11-8-4-2-6(3-5-8)7(9)10;/h6H,2-5H2,1H3,(H,9,10);1H. The lowest BCUT2D eigenvalue weighted by atomic mass is 9.98. The minimum Gasteiger partial charge on any atom is -0.481 e. The van der Waals surface area contributed by atoms with Crippen molar-refractivity contribution >= 4 is 18.4 Å². The maximum atomic E-state index is 10.5. The molecule has 1 rings (SSSR count). The van der Waals surface area contributed by atoms with Crippen molar-refractivity contribution in [2.75, 3.05) is 20.2 Å². The number of hydroxylamine groups is 2. The van der Waals surface area contributed by atoms with Gasteiger partial charge in [0.15, 0.2) is 0 Å². The molecule has 5 heteroatoms.